The zero-order valence-corrected chi connectivity index (χ0v) is 13.8. The van der Waals surface area contributed by atoms with Crippen LogP contribution in [0.4, 0.5) is 0 Å². The molecule has 1 aliphatic heterocycles. The van der Waals surface area contributed by atoms with Crippen LogP contribution in [0.3, 0.4) is 0 Å². The average Bonchev–Trinajstić information content (AvgIpc) is 2.46. The summed E-state index contributed by atoms with van der Waals surface area (Å²) in [4.78, 5) is 0.238. The molecule has 0 bridgehead atoms. The van der Waals surface area contributed by atoms with Crippen molar-refractivity contribution in [2.24, 2.45) is 5.92 Å². The Labute approximate surface area is 128 Å². The van der Waals surface area contributed by atoms with E-state index in [1.54, 1.807) is 25.3 Å². The van der Waals surface area contributed by atoms with E-state index in [2.05, 4.69) is 26.0 Å². The summed E-state index contributed by atoms with van der Waals surface area (Å²) in [5, 5.41) is 3.28. The molecule has 0 radical (unpaired) electrons. The molecule has 1 aliphatic rings. The number of halogens is 1. The minimum absolute atomic E-state index is 0.238. The van der Waals surface area contributed by atoms with Gasteiger partial charge in [-0.05, 0) is 66.0 Å². The molecule has 5 nitrogen and oxygen atoms in total. The average molecular weight is 363 g/mol. The zero-order chi connectivity index (χ0) is 14.6. The highest BCUT2D eigenvalue weighted by molar-refractivity contribution is 9.10. The predicted octanol–water partition coefficient (Wildman–Crippen LogP) is 1.74. The quantitative estimate of drug-likeness (QED) is 0.836. The van der Waals surface area contributed by atoms with E-state index < -0.39 is 10.0 Å². The topological polar surface area (TPSA) is 67.4 Å². The Hall–Kier alpha value is -0.630. The molecular formula is C13H19BrN2O3S. The fourth-order valence-corrected chi connectivity index (χ4v) is 4.40. The van der Waals surface area contributed by atoms with Gasteiger partial charge in [-0.1, -0.05) is 0 Å². The lowest BCUT2D eigenvalue weighted by atomic mass is 10.0. The third-order valence-electron chi connectivity index (χ3n) is 3.39. The molecule has 2 N–H and O–H groups in total. The summed E-state index contributed by atoms with van der Waals surface area (Å²) in [6.45, 7) is 2.35. The Morgan fingerprint density at radius 3 is 2.90 bits per heavy atom. The van der Waals surface area contributed by atoms with Gasteiger partial charge in [-0.15, -0.1) is 0 Å². The lowest BCUT2D eigenvalue weighted by Gasteiger charge is -2.23. The van der Waals surface area contributed by atoms with Gasteiger partial charge < -0.3 is 10.1 Å². The van der Waals surface area contributed by atoms with Crippen LogP contribution in [0.2, 0.25) is 0 Å². The number of ether oxygens (including phenoxy) is 1. The van der Waals surface area contributed by atoms with Crippen LogP contribution < -0.4 is 14.8 Å². The van der Waals surface area contributed by atoms with E-state index in [4.69, 9.17) is 4.74 Å². The van der Waals surface area contributed by atoms with Gasteiger partial charge in [0.05, 0.1) is 12.0 Å². The van der Waals surface area contributed by atoms with Crippen LogP contribution in [-0.4, -0.2) is 35.2 Å². The molecule has 0 saturated carbocycles. The first-order valence-electron chi connectivity index (χ1n) is 6.57. The Bertz CT molecular complexity index is 557. The number of hydrogen-bond acceptors (Lipinski definition) is 4. The van der Waals surface area contributed by atoms with Crippen molar-refractivity contribution < 1.29 is 13.2 Å². The highest BCUT2D eigenvalue weighted by Gasteiger charge is 2.20. The Balaban J connectivity index is 2.05. The van der Waals surface area contributed by atoms with E-state index in [1.807, 2.05) is 0 Å². The Morgan fingerprint density at radius 2 is 2.30 bits per heavy atom. The molecule has 1 saturated heterocycles. The normalized spacial score (nSPS) is 19.8. The molecule has 1 unspecified atom stereocenters. The van der Waals surface area contributed by atoms with Gasteiger partial charge in [0, 0.05) is 11.0 Å². The monoisotopic (exact) mass is 362 g/mol. The van der Waals surface area contributed by atoms with Crippen molar-refractivity contribution in [3.63, 3.8) is 0 Å². The van der Waals surface area contributed by atoms with Gasteiger partial charge in [0.15, 0.2) is 0 Å². The molecule has 0 aromatic heterocycles. The van der Waals surface area contributed by atoms with Crippen LogP contribution in [0, 0.1) is 5.92 Å². The van der Waals surface area contributed by atoms with Crippen molar-refractivity contribution in [3.05, 3.63) is 22.7 Å². The molecule has 7 heteroatoms. The molecule has 0 amide bonds. The number of hydrogen-bond donors (Lipinski definition) is 2. The summed E-state index contributed by atoms with van der Waals surface area (Å²) in [7, 11) is -1.95. The van der Waals surface area contributed by atoms with Crippen molar-refractivity contribution >= 4 is 26.0 Å². The van der Waals surface area contributed by atoms with Gasteiger partial charge in [-0.3, -0.25) is 0 Å². The molecular weight excluding hydrogens is 344 g/mol. The lowest BCUT2D eigenvalue weighted by Crippen LogP contribution is -2.38. The molecule has 1 atom stereocenters. The maximum atomic E-state index is 12.3. The van der Waals surface area contributed by atoms with Crippen molar-refractivity contribution in [2.75, 3.05) is 26.7 Å². The van der Waals surface area contributed by atoms with Crippen LogP contribution in [0.5, 0.6) is 5.75 Å². The lowest BCUT2D eigenvalue weighted by molar-refractivity contribution is 0.376. The molecule has 0 spiro atoms. The predicted molar refractivity (Wildman–Crippen MR) is 81.5 cm³/mol. The zero-order valence-electron chi connectivity index (χ0n) is 11.4. The van der Waals surface area contributed by atoms with Crippen molar-refractivity contribution in [1.29, 1.82) is 0 Å². The van der Waals surface area contributed by atoms with Crippen LogP contribution in [0.25, 0.3) is 0 Å². The summed E-state index contributed by atoms with van der Waals surface area (Å²) in [6, 6.07) is 4.84. The number of benzene rings is 1. The van der Waals surface area contributed by atoms with Crippen LogP contribution in [-0.2, 0) is 10.0 Å². The highest BCUT2D eigenvalue weighted by atomic mass is 79.9. The molecule has 1 fully saturated rings. The molecule has 0 aliphatic carbocycles. The van der Waals surface area contributed by atoms with Crippen LogP contribution >= 0.6 is 15.9 Å². The first kappa shape index (κ1) is 15.8. The fourth-order valence-electron chi connectivity index (χ4n) is 2.23. The number of sulfonamides is 1. The maximum Gasteiger partial charge on any atom is 0.241 e. The minimum Gasteiger partial charge on any atom is -0.497 e. The second kappa shape index (κ2) is 6.89. The van der Waals surface area contributed by atoms with Gasteiger partial charge >= 0.3 is 0 Å². The van der Waals surface area contributed by atoms with Crippen molar-refractivity contribution in [3.8, 4) is 5.75 Å². The molecule has 1 aromatic carbocycles. The summed E-state index contributed by atoms with van der Waals surface area (Å²) < 4.78 is 32.8. The van der Waals surface area contributed by atoms with E-state index in [-0.39, 0.29) is 4.90 Å². The van der Waals surface area contributed by atoms with Gasteiger partial charge in [-0.25, -0.2) is 13.1 Å². The number of rotatable bonds is 5. The SMILES string of the molecule is COc1ccc(S(=O)(=O)NCC2CCCNC2)c(Br)c1. The summed E-state index contributed by atoms with van der Waals surface area (Å²) in [5.41, 5.74) is 0. The van der Waals surface area contributed by atoms with E-state index in [9.17, 15) is 8.42 Å². The Morgan fingerprint density at radius 1 is 1.50 bits per heavy atom. The maximum absolute atomic E-state index is 12.3. The molecule has 112 valence electrons. The first-order chi connectivity index (χ1) is 9.53. The molecule has 1 aromatic rings. The van der Waals surface area contributed by atoms with Crippen molar-refractivity contribution in [1.82, 2.24) is 10.0 Å². The summed E-state index contributed by atoms with van der Waals surface area (Å²) >= 11 is 3.28. The number of nitrogens with one attached hydrogen (secondary N) is 2. The molecule has 20 heavy (non-hydrogen) atoms. The van der Waals surface area contributed by atoms with E-state index in [1.165, 1.54) is 0 Å². The number of piperidine rings is 1. The summed E-state index contributed by atoms with van der Waals surface area (Å²) in [6.07, 6.45) is 2.15. The van der Waals surface area contributed by atoms with Crippen molar-refractivity contribution in [2.45, 2.75) is 17.7 Å². The summed E-state index contributed by atoms with van der Waals surface area (Å²) in [5.74, 6) is 0.975. The second-order valence-corrected chi connectivity index (χ2v) is 7.45. The third-order valence-corrected chi connectivity index (χ3v) is 5.79. The van der Waals surface area contributed by atoms with Crippen LogP contribution in [0.15, 0.2) is 27.6 Å². The number of methoxy groups -OCH3 is 1. The van der Waals surface area contributed by atoms with Gasteiger partial charge in [0.2, 0.25) is 10.0 Å². The largest absolute Gasteiger partial charge is 0.497 e. The van der Waals surface area contributed by atoms with Gasteiger partial charge in [0.25, 0.3) is 0 Å². The molecule has 1 heterocycles. The van der Waals surface area contributed by atoms with E-state index in [0.717, 1.165) is 25.9 Å². The first-order valence-corrected chi connectivity index (χ1v) is 8.84. The Kier molecular flexibility index (Phi) is 5.42. The van der Waals surface area contributed by atoms with Gasteiger partial charge in [0.1, 0.15) is 5.75 Å². The standard InChI is InChI=1S/C13H19BrN2O3S/c1-19-11-4-5-13(12(14)7-11)20(17,18)16-9-10-3-2-6-15-8-10/h4-5,7,10,15-16H,2-3,6,8-9H2,1H3. The minimum atomic E-state index is -3.50. The van der Waals surface area contributed by atoms with Gasteiger partial charge in [-0.2, -0.15) is 0 Å². The van der Waals surface area contributed by atoms with E-state index >= 15 is 0 Å². The fraction of sp³-hybridized carbons (Fsp3) is 0.538. The third kappa shape index (κ3) is 3.94. The highest BCUT2D eigenvalue weighted by Crippen LogP contribution is 2.26. The smallest absolute Gasteiger partial charge is 0.241 e. The molecule has 2 rings (SSSR count). The van der Waals surface area contributed by atoms with E-state index in [0.29, 0.717) is 22.7 Å². The van der Waals surface area contributed by atoms with Crippen LogP contribution in [0.1, 0.15) is 12.8 Å². The second-order valence-electron chi connectivity index (χ2n) is 4.86.